The Morgan fingerprint density at radius 1 is 1.42 bits per heavy atom. The van der Waals surface area contributed by atoms with Crippen LogP contribution in [-0.4, -0.2) is 23.3 Å². The van der Waals surface area contributed by atoms with Crippen molar-refractivity contribution in [3.05, 3.63) is 23.0 Å². The molecule has 0 aromatic carbocycles. The zero-order valence-corrected chi connectivity index (χ0v) is 7.29. The van der Waals surface area contributed by atoms with Gasteiger partial charge in [0.25, 0.3) is 0 Å². The Morgan fingerprint density at radius 3 is 2.58 bits per heavy atom. The van der Waals surface area contributed by atoms with Crippen molar-refractivity contribution in [1.29, 1.82) is 0 Å². The number of rotatable bonds is 1. The molecule has 1 aromatic heterocycles. The van der Waals surface area contributed by atoms with E-state index in [9.17, 15) is 4.79 Å². The van der Waals surface area contributed by atoms with E-state index in [0.717, 1.165) is 11.3 Å². The lowest BCUT2D eigenvalue weighted by molar-refractivity contribution is 0.0591. The molecule has 0 saturated carbocycles. The highest BCUT2D eigenvalue weighted by Gasteiger charge is 2.10. The summed E-state index contributed by atoms with van der Waals surface area (Å²) in [6.07, 6.45) is 0. The van der Waals surface area contributed by atoms with Crippen molar-refractivity contribution in [2.75, 3.05) is 7.11 Å². The molecule has 12 heavy (non-hydrogen) atoms. The van der Waals surface area contributed by atoms with Crippen LogP contribution in [0.5, 0.6) is 0 Å². The van der Waals surface area contributed by atoms with Gasteiger partial charge >= 0.3 is 5.97 Å². The number of nitrogens with zero attached hydrogens (tertiary/aromatic N) is 2. The Balaban J connectivity index is 3.09. The fourth-order valence-corrected chi connectivity index (χ4v) is 0.917. The average Bonchev–Trinajstić information content (AvgIpc) is 2.03. The monoisotopic (exact) mass is 166 g/mol. The van der Waals surface area contributed by atoms with E-state index in [-0.39, 0.29) is 5.69 Å². The first-order valence-electron chi connectivity index (χ1n) is 3.54. The standard InChI is InChI=1S/C8H10N2O2/c1-5-4-6(2)9-10-7(5)8(11)12-3/h4H,1-3H3. The van der Waals surface area contributed by atoms with Crippen molar-refractivity contribution in [2.45, 2.75) is 13.8 Å². The lowest BCUT2D eigenvalue weighted by Gasteiger charge is -2.01. The van der Waals surface area contributed by atoms with Gasteiger partial charge in [-0.1, -0.05) is 0 Å². The number of carbonyl (C=O) groups excluding carboxylic acids is 1. The Morgan fingerprint density at radius 2 is 2.08 bits per heavy atom. The zero-order chi connectivity index (χ0) is 9.14. The molecule has 1 rings (SSSR count). The fourth-order valence-electron chi connectivity index (χ4n) is 0.917. The minimum absolute atomic E-state index is 0.281. The maximum Gasteiger partial charge on any atom is 0.358 e. The summed E-state index contributed by atoms with van der Waals surface area (Å²) in [6, 6.07) is 1.79. The van der Waals surface area contributed by atoms with Gasteiger partial charge in [-0.05, 0) is 25.5 Å². The summed E-state index contributed by atoms with van der Waals surface area (Å²) in [6.45, 7) is 3.62. The first-order valence-corrected chi connectivity index (χ1v) is 3.54. The molecule has 0 spiro atoms. The molecule has 0 amide bonds. The number of esters is 1. The third-order valence-electron chi connectivity index (χ3n) is 1.49. The van der Waals surface area contributed by atoms with E-state index in [4.69, 9.17) is 0 Å². The van der Waals surface area contributed by atoms with Gasteiger partial charge in [0.1, 0.15) is 0 Å². The predicted octanol–water partition coefficient (Wildman–Crippen LogP) is 0.880. The van der Waals surface area contributed by atoms with Crippen LogP contribution in [0.25, 0.3) is 0 Å². The summed E-state index contributed by atoms with van der Waals surface area (Å²) < 4.78 is 4.52. The van der Waals surface area contributed by atoms with Crippen LogP contribution < -0.4 is 0 Å². The average molecular weight is 166 g/mol. The van der Waals surface area contributed by atoms with Gasteiger partial charge in [0.15, 0.2) is 5.69 Å². The number of hydrogen-bond acceptors (Lipinski definition) is 4. The van der Waals surface area contributed by atoms with E-state index < -0.39 is 5.97 Å². The number of aryl methyl sites for hydroxylation is 2. The summed E-state index contributed by atoms with van der Waals surface area (Å²) in [5, 5.41) is 7.48. The van der Waals surface area contributed by atoms with Gasteiger partial charge in [-0.15, -0.1) is 5.10 Å². The largest absolute Gasteiger partial charge is 0.464 e. The predicted molar refractivity (Wildman–Crippen MR) is 42.8 cm³/mol. The second kappa shape index (κ2) is 3.30. The van der Waals surface area contributed by atoms with Gasteiger partial charge in [0, 0.05) is 0 Å². The smallest absolute Gasteiger partial charge is 0.358 e. The van der Waals surface area contributed by atoms with Crippen molar-refractivity contribution in [3.8, 4) is 0 Å². The van der Waals surface area contributed by atoms with Crippen molar-refractivity contribution in [1.82, 2.24) is 10.2 Å². The molecule has 0 atom stereocenters. The van der Waals surface area contributed by atoms with Gasteiger partial charge < -0.3 is 4.74 Å². The van der Waals surface area contributed by atoms with Gasteiger partial charge in [0.2, 0.25) is 0 Å². The van der Waals surface area contributed by atoms with Crippen LogP contribution in [0, 0.1) is 13.8 Å². The van der Waals surface area contributed by atoms with Crippen molar-refractivity contribution in [3.63, 3.8) is 0 Å². The first kappa shape index (κ1) is 8.64. The van der Waals surface area contributed by atoms with Crippen molar-refractivity contribution >= 4 is 5.97 Å². The first-order chi connectivity index (χ1) is 5.65. The molecule has 0 fully saturated rings. The van der Waals surface area contributed by atoms with Crippen molar-refractivity contribution < 1.29 is 9.53 Å². The number of aromatic nitrogens is 2. The van der Waals surface area contributed by atoms with Gasteiger partial charge in [-0.25, -0.2) is 4.79 Å². The lowest BCUT2D eigenvalue weighted by atomic mass is 10.2. The van der Waals surface area contributed by atoms with E-state index in [1.54, 1.807) is 13.0 Å². The molecule has 4 nitrogen and oxygen atoms in total. The van der Waals surface area contributed by atoms with E-state index in [2.05, 4.69) is 14.9 Å². The molecular formula is C8H10N2O2. The highest BCUT2D eigenvalue weighted by molar-refractivity contribution is 5.88. The molecule has 4 heteroatoms. The van der Waals surface area contributed by atoms with E-state index in [1.165, 1.54) is 7.11 Å². The molecular weight excluding hydrogens is 156 g/mol. The zero-order valence-electron chi connectivity index (χ0n) is 7.29. The van der Waals surface area contributed by atoms with E-state index >= 15 is 0 Å². The van der Waals surface area contributed by atoms with Crippen LogP contribution in [0.1, 0.15) is 21.7 Å². The molecule has 0 aliphatic carbocycles. The van der Waals surface area contributed by atoms with Gasteiger partial charge in [-0.3, -0.25) is 0 Å². The molecule has 0 aliphatic rings. The SMILES string of the molecule is COC(=O)c1nnc(C)cc1C. The molecule has 0 radical (unpaired) electrons. The van der Waals surface area contributed by atoms with Crippen LogP contribution in [-0.2, 0) is 4.74 Å². The molecule has 0 unspecified atom stereocenters. The summed E-state index contributed by atoms with van der Waals surface area (Å²) in [5.41, 5.74) is 1.86. The Hall–Kier alpha value is -1.45. The van der Waals surface area contributed by atoms with Crippen LogP contribution in [0.15, 0.2) is 6.07 Å². The maximum atomic E-state index is 11.0. The number of methoxy groups -OCH3 is 1. The quantitative estimate of drug-likeness (QED) is 0.581. The van der Waals surface area contributed by atoms with Crippen LogP contribution in [0.3, 0.4) is 0 Å². The van der Waals surface area contributed by atoms with Crippen LogP contribution in [0.4, 0.5) is 0 Å². The second-order valence-electron chi connectivity index (χ2n) is 2.51. The molecule has 1 heterocycles. The second-order valence-corrected chi connectivity index (χ2v) is 2.51. The normalized spacial score (nSPS) is 9.58. The minimum Gasteiger partial charge on any atom is -0.464 e. The number of ether oxygens (including phenoxy) is 1. The van der Waals surface area contributed by atoms with E-state index in [0.29, 0.717) is 0 Å². The van der Waals surface area contributed by atoms with Crippen molar-refractivity contribution in [2.24, 2.45) is 0 Å². The van der Waals surface area contributed by atoms with Gasteiger partial charge in [-0.2, -0.15) is 5.10 Å². The Bertz CT molecular complexity index is 310. The number of carbonyl (C=O) groups is 1. The molecule has 0 N–H and O–H groups in total. The summed E-state index contributed by atoms with van der Waals surface area (Å²) in [4.78, 5) is 11.0. The Kier molecular flexibility index (Phi) is 2.38. The Labute approximate surface area is 70.6 Å². The molecule has 0 saturated heterocycles. The molecule has 0 bridgehead atoms. The summed E-state index contributed by atoms with van der Waals surface area (Å²) in [5.74, 6) is -0.444. The molecule has 0 aliphatic heterocycles. The van der Waals surface area contributed by atoms with Crippen LogP contribution >= 0.6 is 0 Å². The molecule has 64 valence electrons. The summed E-state index contributed by atoms with van der Waals surface area (Å²) in [7, 11) is 1.32. The number of hydrogen-bond donors (Lipinski definition) is 0. The molecule has 1 aromatic rings. The van der Waals surface area contributed by atoms with E-state index in [1.807, 2.05) is 6.92 Å². The fraction of sp³-hybridized carbons (Fsp3) is 0.375. The van der Waals surface area contributed by atoms with Crippen LogP contribution in [0.2, 0.25) is 0 Å². The summed E-state index contributed by atoms with van der Waals surface area (Å²) >= 11 is 0. The lowest BCUT2D eigenvalue weighted by Crippen LogP contribution is -2.08. The highest BCUT2D eigenvalue weighted by Crippen LogP contribution is 2.05. The third kappa shape index (κ3) is 1.58. The maximum absolute atomic E-state index is 11.0. The highest BCUT2D eigenvalue weighted by atomic mass is 16.5. The minimum atomic E-state index is -0.444. The topological polar surface area (TPSA) is 52.1 Å². The van der Waals surface area contributed by atoms with Gasteiger partial charge in [0.05, 0.1) is 12.8 Å². The third-order valence-corrected chi connectivity index (χ3v) is 1.49.